The first-order chi connectivity index (χ1) is 12.2. The van der Waals surface area contributed by atoms with E-state index in [9.17, 15) is 9.59 Å². The number of hydrogen-bond donors (Lipinski definition) is 3. The molecule has 0 bridgehead atoms. The minimum atomic E-state index is -0.624. The van der Waals surface area contributed by atoms with Crippen LogP contribution in [0.2, 0.25) is 0 Å². The minimum absolute atomic E-state index is 0.265. The number of hydrogen-bond acceptors (Lipinski definition) is 4. The molecule has 0 heterocycles. The number of hydroxylamine groups is 2. The second kappa shape index (κ2) is 7.92. The van der Waals surface area contributed by atoms with Gasteiger partial charge in [-0.05, 0) is 60.6 Å². The van der Waals surface area contributed by atoms with Crippen LogP contribution in [0.15, 0.2) is 48.5 Å². The summed E-state index contributed by atoms with van der Waals surface area (Å²) >= 11 is 0. The molecule has 6 nitrogen and oxygen atoms in total. The van der Waals surface area contributed by atoms with Gasteiger partial charge >= 0.3 is 0 Å². The second-order valence-corrected chi connectivity index (χ2v) is 6.14. The molecule has 0 radical (unpaired) electrons. The molecular formula is C19H20N2O4. The number of carbonyl (C=O) groups is 2. The number of carbonyl (C=O) groups excluding carboxylic acids is 2. The van der Waals surface area contributed by atoms with Gasteiger partial charge in [0.15, 0.2) is 0 Å². The number of aryl methyl sites for hydroxylation is 1. The van der Waals surface area contributed by atoms with Crippen molar-refractivity contribution >= 4 is 11.8 Å². The molecule has 3 rings (SSSR count). The molecule has 0 aromatic heterocycles. The Morgan fingerprint density at radius 1 is 1.00 bits per heavy atom. The smallest absolute Gasteiger partial charge is 0.274 e. The average Bonchev–Trinajstić information content (AvgIpc) is 2.67. The maximum Gasteiger partial charge on any atom is 0.274 e. The van der Waals surface area contributed by atoms with Gasteiger partial charge in [0.1, 0.15) is 0 Å². The molecule has 1 aliphatic carbocycles. The lowest BCUT2D eigenvalue weighted by Crippen LogP contribution is -2.28. The van der Waals surface area contributed by atoms with Crippen molar-refractivity contribution in [1.29, 1.82) is 0 Å². The van der Waals surface area contributed by atoms with Crippen LogP contribution in [0.1, 0.15) is 38.3 Å². The van der Waals surface area contributed by atoms with Gasteiger partial charge in [0.25, 0.3) is 11.8 Å². The van der Waals surface area contributed by atoms with Crippen molar-refractivity contribution in [2.45, 2.75) is 19.3 Å². The Balaban J connectivity index is 1.48. The summed E-state index contributed by atoms with van der Waals surface area (Å²) in [4.78, 5) is 28.7. The molecule has 25 heavy (non-hydrogen) atoms. The van der Waals surface area contributed by atoms with Gasteiger partial charge in [-0.15, -0.1) is 0 Å². The summed E-state index contributed by atoms with van der Waals surface area (Å²) in [6.45, 7) is 0.463. The first-order valence-corrected chi connectivity index (χ1v) is 8.21. The highest BCUT2D eigenvalue weighted by Crippen LogP contribution is 2.25. The molecule has 1 atom stereocenters. The molecule has 0 saturated carbocycles. The predicted molar refractivity (Wildman–Crippen MR) is 91.1 cm³/mol. The molecule has 0 spiro atoms. The lowest BCUT2D eigenvalue weighted by molar-refractivity contribution is 0.0142. The highest BCUT2D eigenvalue weighted by molar-refractivity contribution is 5.97. The van der Waals surface area contributed by atoms with E-state index in [1.807, 2.05) is 6.07 Å². The zero-order valence-electron chi connectivity index (χ0n) is 13.7. The largest absolute Gasteiger partial charge is 0.288 e. The van der Waals surface area contributed by atoms with Crippen LogP contribution < -0.4 is 11.0 Å². The molecule has 2 aromatic rings. The maximum atomic E-state index is 12.0. The molecule has 1 aliphatic rings. The number of amides is 2. The van der Waals surface area contributed by atoms with Crippen molar-refractivity contribution in [2.24, 2.45) is 5.92 Å². The normalized spacial score (nSPS) is 16.0. The Hall–Kier alpha value is -2.70. The van der Waals surface area contributed by atoms with Crippen LogP contribution in [0.3, 0.4) is 0 Å². The van der Waals surface area contributed by atoms with Crippen LogP contribution in [-0.4, -0.2) is 23.6 Å². The van der Waals surface area contributed by atoms with Crippen LogP contribution in [0, 0.1) is 5.92 Å². The van der Waals surface area contributed by atoms with Gasteiger partial charge in [0, 0.05) is 11.1 Å². The van der Waals surface area contributed by atoms with Gasteiger partial charge in [-0.25, -0.2) is 11.0 Å². The highest BCUT2D eigenvalue weighted by Gasteiger charge is 2.19. The number of benzene rings is 2. The molecular weight excluding hydrogens is 320 g/mol. The van der Waals surface area contributed by atoms with Gasteiger partial charge in [-0.3, -0.25) is 19.6 Å². The first kappa shape index (κ1) is 17.1. The molecule has 6 heteroatoms. The summed E-state index contributed by atoms with van der Waals surface area (Å²) in [7, 11) is 0. The summed E-state index contributed by atoms with van der Waals surface area (Å²) in [5, 5.41) is 8.57. The van der Waals surface area contributed by atoms with Crippen LogP contribution in [0.5, 0.6) is 0 Å². The van der Waals surface area contributed by atoms with Gasteiger partial charge in [-0.1, -0.05) is 24.3 Å². The van der Waals surface area contributed by atoms with Crippen molar-refractivity contribution in [3.63, 3.8) is 0 Å². The SMILES string of the molecule is O=C(NO)c1ccc(C(=O)NOCC2CCc3ccccc3C2)cc1. The molecule has 0 saturated heterocycles. The average molecular weight is 340 g/mol. The van der Waals surface area contributed by atoms with Crippen molar-refractivity contribution < 1.29 is 19.6 Å². The van der Waals surface area contributed by atoms with E-state index in [2.05, 4.69) is 23.7 Å². The standard InChI is InChI=1S/C19H20N2O4/c22-18(20-24)15-7-9-16(10-8-15)19(23)21-25-12-13-5-6-14-3-1-2-4-17(14)11-13/h1-4,7-10,13,24H,5-6,11-12H2,(H,20,22)(H,21,23). The van der Waals surface area contributed by atoms with E-state index in [0.29, 0.717) is 18.1 Å². The Bertz CT molecular complexity index is 758. The number of nitrogens with one attached hydrogen (secondary N) is 2. The fraction of sp³-hybridized carbons (Fsp3) is 0.263. The molecule has 130 valence electrons. The van der Waals surface area contributed by atoms with E-state index in [1.54, 1.807) is 5.48 Å². The quantitative estimate of drug-likeness (QED) is 0.575. The van der Waals surface area contributed by atoms with Crippen LogP contribution in [-0.2, 0) is 17.7 Å². The Morgan fingerprint density at radius 3 is 2.32 bits per heavy atom. The lowest BCUT2D eigenvalue weighted by atomic mass is 9.84. The van der Waals surface area contributed by atoms with Gasteiger partial charge < -0.3 is 0 Å². The minimum Gasteiger partial charge on any atom is -0.288 e. The van der Waals surface area contributed by atoms with Gasteiger partial charge in [0.05, 0.1) is 6.61 Å². The van der Waals surface area contributed by atoms with Crippen molar-refractivity contribution in [1.82, 2.24) is 11.0 Å². The van der Waals surface area contributed by atoms with Crippen LogP contribution in [0.25, 0.3) is 0 Å². The third-order valence-electron chi connectivity index (χ3n) is 4.44. The van der Waals surface area contributed by atoms with Crippen molar-refractivity contribution in [2.75, 3.05) is 6.61 Å². The molecule has 2 aromatic carbocycles. The third kappa shape index (κ3) is 4.23. The van der Waals surface area contributed by atoms with E-state index in [-0.39, 0.29) is 11.5 Å². The van der Waals surface area contributed by atoms with E-state index >= 15 is 0 Å². The molecule has 0 aliphatic heterocycles. The summed E-state index contributed by atoms with van der Waals surface area (Å²) in [5.74, 6) is -0.612. The first-order valence-electron chi connectivity index (χ1n) is 8.21. The summed E-state index contributed by atoms with van der Waals surface area (Å²) in [6.07, 6.45) is 3.03. The van der Waals surface area contributed by atoms with E-state index in [4.69, 9.17) is 10.0 Å². The zero-order valence-corrected chi connectivity index (χ0v) is 13.7. The number of rotatable bonds is 5. The number of fused-ring (bicyclic) bond motifs is 1. The van der Waals surface area contributed by atoms with Crippen LogP contribution >= 0.6 is 0 Å². The molecule has 1 unspecified atom stereocenters. The monoisotopic (exact) mass is 340 g/mol. The molecule has 3 N–H and O–H groups in total. The topological polar surface area (TPSA) is 87.7 Å². The summed E-state index contributed by atoms with van der Waals surface area (Å²) < 4.78 is 0. The third-order valence-corrected chi connectivity index (χ3v) is 4.44. The van der Waals surface area contributed by atoms with Gasteiger partial charge in [-0.2, -0.15) is 0 Å². The van der Waals surface area contributed by atoms with Crippen LogP contribution in [0.4, 0.5) is 0 Å². The van der Waals surface area contributed by atoms with E-state index in [0.717, 1.165) is 19.3 Å². The zero-order chi connectivity index (χ0) is 17.6. The fourth-order valence-electron chi connectivity index (χ4n) is 3.04. The Kier molecular flexibility index (Phi) is 5.42. The van der Waals surface area contributed by atoms with Crippen molar-refractivity contribution in [3.8, 4) is 0 Å². The summed E-state index contributed by atoms with van der Waals surface area (Å²) in [6, 6.07) is 14.3. The van der Waals surface area contributed by atoms with Crippen molar-refractivity contribution in [3.05, 3.63) is 70.8 Å². The second-order valence-electron chi connectivity index (χ2n) is 6.14. The van der Waals surface area contributed by atoms with Gasteiger partial charge in [0.2, 0.25) is 0 Å². The Morgan fingerprint density at radius 2 is 1.64 bits per heavy atom. The maximum absolute atomic E-state index is 12.0. The van der Waals surface area contributed by atoms with E-state index < -0.39 is 5.91 Å². The summed E-state index contributed by atoms with van der Waals surface area (Å²) in [5.41, 5.74) is 7.38. The molecule has 2 amide bonds. The molecule has 0 fully saturated rings. The van der Waals surface area contributed by atoms with E-state index in [1.165, 1.54) is 35.4 Å². The Labute approximate surface area is 145 Å². The predicted octanol–water partition coefficient (Wildman–Crippen LogP) is 2.27. The highest BCUT2D eigenvalue weighted by atomic mass is 16.6. The lowest BCUT2D eigenvalue weighted by Gasteiger charge is -2.24. The fourth-order valence-corrected chi connectivity index (χ4v) is 3.04.